The fourth-order valence-electron chi connectivity index (χ4n) is 0. The van der Waals surface area contributed by atoms with Crippen molar-refractivity contribution in [3.05, 3.63) is 0 Å². The summed E-state index contributed by atoms with van der Waals surface area (Å²) in [7, 11) is 0. The molecular formula is H7MoNa3O5. The van der Waals surface area contributed by atoms with Gasteiger partial charge in [-0.1, -0.05) is 0 Å². The molecule has 0 fully saturated rings. The molecule has 0 aliphatic carbocycles. The summed E-state index contributed by atoms with van der Waals surface area (Å²) < 4.78 is 0. The van der Waals surface area contributed by atoms with Gasteiger partial charge in [0.05, 0.1) is 0 Å². The standard InChI is InChI=1S/Mo.3Na.5H2O/h;;;;5*1H2/q;3*+1;;;;;/p-3. The summed E-state index contributed by atoms with van der Waals surface area (Å²) >= 11 is 0. The second-order valence-electron chi connectivity index (χ2n) is 0. The smallest absolute Gasteiger partial charge is 0.870 e. The summed E-state index contributed by atoms with van der Waals surface area (Å²) in [5.74, 6) is 0. The topological polar surface area (TPSA) is 153 Å². The van der Waals surface area contributed by atoms with Gasteiger partial charge >= 0.3 is 88.7 Å². The van der Waals surface area contributed by atoms with E-state index in [0.717, 1.165) is 0 Å². The maximum atomic E-state index is 0. The van der Waals surface area contributed by atoms with Gasteiger partial charge in [-0.2, -0.15) is 0 Å². The van der Waals surface area contributed by atoms with E-state index in [4.69, 9.17) is 0 Å². The van der Waals surface area contributed by atoms with Crippen molar-refractivity contribution in [2.45, 2.75) is 0 Å². The molecule has 0 unspecified atom stereocenters. The van der Waals surface area contributed by atoms with E-state index in [2.05, 4.69) is 0 Å². The third-order valence-electron chi connectivity index (χ3n) is 0. The minimum atomic E-state index is 0. The molecule has 0 aliphatic rings. The molecule has 5 nitrogen and oxygen atoms in total. The fraction of sp³-hybridized carbons (Fsp3) is 0. The van der Waals surface area contributed by atoms with Crippen LogP contribution in [0.1, 0.15) is 0 Å². The molecule has 0 radical (unpaired) electrons. The molecule has 0 aromatic heterocycles. The van der Waals surface area contributed by atoms with Gasteiger partial charge in [-0.3, -0.25) is 0 Å². The van der Waals surface area contributed by atoms with Gasteiger partial charge in [0, 0.05) is 21.1 Å². The normalized spacial score (nSPS) is 0. The maximum absolute atomic E-state index is 0. The van der Waals surface area contributed by atoms with E-state index in [-0.39, 0.29) is 137 Å². The van der Waals surface area contributed by atoms with Gasteiger partial charge in [-0.25, -0.2) is 0 Å². The van der Waals surface area contributed by atoms with E-state index in [1.165, 1.54) is 0 Å². The summed E-state index contributed by atoms with van der Waals surface area (Å²) in [4.78, 5) is 0. The van der Waals surface area contributed by atoms with E-state index >= 15 is 0 Å². The van der Waals surface area contributed by atoms with Crippen molar-refractivity contribution < 1.29 is 137 Å². The summed E-state index contributed by atoms with van der Waals surface area (Å²) in [6, 6.07) is 0. The van der Waals surface area contributed by atoms with E-state index in [1.54, 1.807) is 0 Å². The van der Waals surface area contributed by atoms with Crippen LogP contribution in [0.15, 0.2) is 0 Å². The van der Waals surface area contributed by atoms with Gasteiger partial charge in [0.25, 0.3) is 0 Å². The van der Waals surface area contributed by atoms with Gasteiger partial charge in [-0.15, -0.1) is 0 Å². The van der Waals surface area contributed by atoms with Crippen molar-refractivity contribution >= 4 is 0 Å². The molecule has 0 saturated carbocycles. The Kier molecular flexibility index (Phi) is 1560. The average molecular weight is 252 g/mol. The molecule has 0 spiro atoms. The van der Waals surface area contributed by atoms with E-state index in [9.17, 15) is 0 Å². The van der Waals surface area contributed by atoms with Crippen LogP contribution >= 0.6 is 0 Å². The number of hydrogen-bond donors (Lipinski definition) is 0. The molecule has 46 valence electrons. The Morgan fingerprint density at radius 1 is 0.444 bits per heavy atom. The van der Waals surface area contributed by atoms with E-state index in [0.29, 0.717) is 0 Å². The van der Waals surface area contributed by atoms with Crippen LogP contribution in [0, 0.1) is 0 Å². The Morgan fingerprint density at radius 2 is 0.444 bits per heavy atom. The fourth-order valence-corrected chi connectivity index (χ4v) is 0. The molecule has 0 heterocycles. The van der Waals surface area contributed by atoms with Crippen LogP contribution in [-0.4, -0.2) is 27.4 Å². The number of rotatable bonds is 0. The minimum Gasteiger partial charge on any atom is -0.870 e. The van der Waals surface area contributed by atoms with Crippen LogP contribution in [0.4, 0.5) is 0 Å². The third-order valence-corrected chi connectivity index (χ3v) is 0. The molecule has 0 aliphatic heterocycles. The second-order valence-corrected chi connectivity index (χ2v) is 0. The van der Waals surface area contributed by atoms with Crippen LogP contribution < -0.4 is 88.7 Å². The van der Waals surface area contributed by atoms with Gasteiger partial charge in [-0.05, 0) is 0 Å². The van der Waals surface area contributed by atoms with Gasteiger partial charge in [0.1, 0.15) is 0 Å². The zero-order valence-electron chi connectivity index (χ0n) is 5.75. The number of hydrogen-bond acceptors (Lipinski definition) is 3. The monoisotopic (exact) mass is 254 g/mol. The average Bonchev–Trinajstić information content (AvgIpc) is 0. The van der Waals surface area contributed by atoms with Gasteiger partial charge < -0.3 is 27.4 Å². The third kappa shape index (κ3) is 85.0. The Balaban J connectivity index is 0. The zero-order valence-corrected chi connectivity index (χ0v) is 13.8. The van der Waals surface area contributed by atoms with Crippen molar-refractivity contribution in [1.29, 1.82) is 0 Å². The Morgan fingerprint density at radius 3 is 0.444 bits per heavy atom. The molecule has 9 heavy (non-hydrogen) atoms. The van der Waals surface area contributed by atoms with Crippen molar-refractivity contribution in [2.75, 3.05) is 0 Å². The van der Waals surface area contributed by atoms with E-state index < -0.39 is 0 Å². The maximum Gasteiger partial charge on any atom is 1.00 e. The largest absolute Gasteiger partial charge is 1.00 e. The molecule has 9 heteroatoms. The Labute approximate surface area is 134 Å². The first-order chi connectivity index (χ1) is 0. The van der Waals surface area contributed by atoms with Crippen molar-refractivity contribution in [2.24, 2.45) is 0 Å². The first kappa shape index (κ1) is 135. The predicted octanol–water partition coefficient (Wildman–Crippen LogP) is -11.2. The summed E-state index contributed by atoms with van der Waals surface area (Å²) in [5, 5.41) is 0. The van der Waals surface area contributed by atoms with Crippen molar-refractivity contribution in [3.8, 4) is 0 Å². The Hall–Kier alpha value is 3.49. The second kappa shape index (κ2) is 104. The van der Waals surface area contributed by atoms with Crippen LogP contribution in [0.5, 0.6) is 0 Å². The van der Waals surface area contributed by atoms with Crippen molar-refractivity contribution in [1.82, 2.24) is 0 Å². The van der Waals surface area contributed by atoms with Crippen molar-refractivity contribution in [3.63, 3.8) is 0 Å². The SMILES string of the molecule is O.O.[Mo].[Na+].[Na+].[Na+].[OH-].[OH-].[OH-]. The quantitative estimate of drug-likeness (QED) is 0.393. The van der Waals surface area contributed by atoms with Crippen LogP contribution in [-0.2, 0) is 21.1 Å². The molecular weight excluding hydrogens is 245 g/mol. The molecule has 0 aromatic carbocycles. The molecule has 0 aromatic rings. The first-order valence-corrected chi connectivity index (χ1v) is 0. The van der Waals surface area contributed by atoms with Gasteiger partial charge in [0.15, 0.2) is 0 Å². The molecule has 0 amide bonds. The van der Waals surface area contributed by atoms with Crippen LogP contribution in [0.2, 0.25) is 0 Å². The minimum absolute atomic E-state index is 0. The van der Waals surface area contributed by atoms with Crippen LogP contribution in [0.25, 0.3) is 0 Å². The van der Waals surface area contributed by atoms with E-state index in [1.807, 2.05) is 0 Å². The summed E-state index contributed by atoms with van der Waals surface area (Å²) in [6.45, 7) is 0. The molecule has 0 rings (SSSR count). The predicted molar refractivity (Wildman–Crippen MR) is 13.0 cm³/mol. The van der Waals surface area contributed by atoms with Crippen LogP contribution in [0.3, 0.4) is 0 Å². The summed E-state index contributed by atoms with van der Waals surface area (Å²) in [5.41, 5.74) is 0. The molecule has 0 atom stereocenters. The molecule has 0 saturated heterocycles. The zero-order chi connectivity index (χ0) is 0. The molecule has 0 bridgehead atoms. The summed E-state index contributed by atoms with van der Waals surface area (Å²) in [6.07, 6.45) is 0. The van der Waals surface area contributed by atoms with Gasteiger partial charge in [0.2, 0.25) is 0 Å². The first-order valence-electron chi connectivity index (χ1n) is 0. The Bertz CT molecular complexity index is 12.2. The molecule has 7 N–H and O–H groups in total.